The Morgan fingerprint density at radius 2 is 2.04 bits per heavy atom. The lowest BCUT2D eigenvalue weighted by molar-refractivity contribution is -0.991. The van der Waals surface area contributed by atoms with E-state index in [2.05, 4.69) is 5.32 Å². The normalized spacial score (nSPS) is 20.3. The van der Waals surface area contributed by atoms with Crippen LogP contribution >= 0.6 is 24.2 Å². The topological polar surface area (TPSA) is 89.3 Å². The first-order valence-electron chi connectivity index (χ1n) is 8.22. The van der Waals surface area contributed by atoms with Crippen LogP contribution in [0.2, 0.25) is 0 Å². The van der Waals surface area contributed by atoms with Gasteiger partial charge in [0.2, 0.25) is 0 Å². The van der Waals surface area contributed by atoms with Gasteiger partial charge in [-0.2, -0.15) is 5.23 Å². The van der Waals surface area contributed by atoms with E-state index in [9.17, 15) is 15.2 Å². The Balaban J connectivity index is 0.00000225. The molecule has 2 unspecified atom stereocenters. The second-order valence-corrected chi connectivity index (χ2v) is 6.98. The predicted molar refractivity (Wildman–Crippen MR) is 110 cm³/mol. The van der Waals surface area contributed by atoms with Crippen LogP contribution in [0.3, 0.4) is 0 Å². The zero-order chi connectivity index (χ0) is 19.0. The van der Waals surface area contributed by atoms with Crippen LogP contribution in [0.1, 0.15) is 11.1 Å². The predicted octanol–water partition coefficient (Wildman–Crippen LogP) is 2.32. The van der Waals surface area contributed by atoms with Crippen LogP contribution in [0, 0.1) is 5.21 Å². The van der Waals surface area contributed by atoms with E-state index in [4.69, 9.17) is 4.74 Å². The summed E-state index contributed by atoms with van der Waals surface area (Å²) >= 11 is 1.48. The minimum absolute atomic E-state index is 0. The molecule has 28 heavy (non-hydrogen) atoms. The maximum Gasteiger partial charge on any atom is 0.270 e. The highest BCUT2D eigenvalue weighted by atomic mass is 35.5. The largest absolute Gasteiger partial charge is 0.595 e. The van der Waals surface area contributed by atoms with Gasteiger partial charge in [-0.15, -0.1) is 12.4 Å². The number of hydrogen-bond donors (Lipinski definition) is 3. The number of carbonyl (C=O) groups is 1. The highest BCUT2D eigenvalue weighted by molar-refractivity contribution is 8.03. The van der Waals surface area contributed by atoms with Crippen LogP contribution in [0.15, 0.2) is 59.6 Å². The van der Waals surface area contributed by atoms with Crippen molar-refractivity contribution in [2.24, 2.45) is 0 Å². The second kappa shape index (κ2) is 8.26. The molecular weight excluding hydrogens is 402 g/mol. The number of amides is 1. The summed E-state index contributed by atoms with van der Waals surface area (Å²) in [5.41, 5.74) is 2.92. The quantitative estimate of drug-likeness (QED) is 0.520. The lowest BCUT2D eigenvalue weighted by Gasteiger charge is -2.22. The molecule has 1 saturated heterocycles. The van der Waals surface area contributed by atoms with Gasteiger partial charge >= 0.3 is 0 Å². The van der Waals surface area contributed by atoms with Crippen molar-refractivity contribution in [2.45, 2.75) is 5.50 Å². The Bertz CT molecular complexity index is 946. The average molecular weight is 420 g/mol. The number of benzene rings is 2. The third-order valence-electron chi connectivity index (χ3n) is 4.37. The van der Waals surface area contributed by atoms with Gasteiger partial charge in [0.25, 0.3) is 5.91 Å². The van der Waals surface area contributed by atoms with Crippen molar-refractivity contribution >= 4 is 47.5 Å². The first-order valence-corrected chi connectivity index (χ1v) is 9.16. The van der Waals surface area contributed by atoms with Gasteiger partial charge in [-0.05, 0) is 29.2 Å². The highest BCUT2D eigenvalue weighted by Gasteiger charge is 2.40. The summed E-state index contributed by atoms with van der Waals surface area (Å²) in [5, 5.41) is 24.4. The lowest BCUT2D eigenvalue weighted by Crippen LogP contribution is -2.99. The van der Waals surface area contributed by atoms with Gasteiger partial charge in [-0.3, -0.25) is 4.79 Å². The van der Waals surface area contributed by atoms with Crippen LogP contribution in [-0.4, -0.2) is 28.6 Å². The first-order chi connectivity index (χ1) is 13.1. The van der Waals surface area contributed by atoms with E-state index in [1.54, 1.807) is 25.3 Å². The van der Waals surface area contributed by atoms with E-state index in [1.807, 2.05) is 46.7 Å². The molecule has 2 heterocycles. The van der Waals surface area contributed by atoms with Gasteiger partial charge in [-0.25, -0.2) is 5.21 Å². The molecule has 2 aliphatic heterocycles. The molecule has 2 aliphatic rings. The van der Waals surface area contributed by atoms with Crippen molar-refractivity contribution in [3.63, 3.8) is 0 Å². The van der Waals surface area contributed by atoms with Crippen molar-refractivity contribution in [1.29, 1.82) is 0 Å². The SMILES string of the molecule is COc1ccc(/C=C2\C(=O)NC3SC=C(c4cccc([NH+]([O-])O)c4)N23)cc1.Cl. The molecule has 1 amide bonds. The van der Waals surface area contributed by atoms with Gasteiger partial charge in [-0.1, -0.05) is 36.0 Å². The van der Waals surface area contributed by atoms with Gasteiger partial charge in [0.15, 0.2) is 11.2 Å². The number of nitrogens with one attached hydrogen (secondary N) is 2. The maximum absolute atomic E-state index is 12.5. The third-order valence-corrected chi connectivity index (χ3v) is 5.32. The Morgan fingerprint density at radius 3 is 2.71 bits per heavy atom. The zero-order valence-electron chi connectivity index (χ0n) is 14.8. The second-order valence-electron chi connectivity index (χ2n) is 6.02. The molecule has 0 aromatic heterocycles. The average Bonchev–Trinajstić information content (AvgIpc) is 3.22. The number of thioether (sulfide) groups is 1. The van der Waals surface area contributed by atoms with Crippen LogP contribution < -0.4 is 15.3 Å². The molecule has 1 fully saturated rings. The Morgan fingerprint density at radius 1 is 1.29 bits per heavy atom. The van der Waals surface area contributed by atoms with E-state index >= 15 is 0 Å². The molecule has 9 heteroatoms. The van der Waals surface area contributed by atoms with E-state index in [-0.39, 0.29) is 29.5 Å². The molecule has 2 aromatic rings. The first kappa shape index (κ1) is 20.2. The number of ether oxygens (including phenoxy) is 1. The van der Waals surface area contributed by atoms with Gasteiger partial charge in [0.1, 0.15) is 11.4 Å². The summed E-state index contributed by atoms with van der Waals surface area (Å²) in [5.74, 6) is 0.581. The molecule has 4 rings (SSSR count). The minimum Gasteiger partial charge on any atom is -0.595 e. The van der Waals surface area contributed by atoms with Crippen LogP contribution in [0.5, 0.6) is 5.75 Å². The van der Waals surface area contributed by atoms with Crippen molar-refractivity contribution < 1.29 is 20.0 Å². The molecule has 7 nitrogen and oxygen atoms in total. The molecule has 3 N–H and O–H groups in total. The number of quaternary nitrogens is 1. The third kappa shape index (κ3) is 3.73. The summed E-state index contributed by atoms with van der Waals surface area (Å²) in [4.78, 5) is 14.4. The van der Waals surface area contributed by atoms with Crippen molar-refractivity contribution in [3.05, 3.63) is 76.0 Å². The number of nitrogens with zero attached hydrogens (tertiary/aromatic N) is 1. The summed E-state index contributed by atoms with van der Waals surface area (Å²) in [6, 6.07) is 14.1. The number of hydrogen-bond acceptors (Lipinski definition) is 6. The van der Waals surface area contributed by atoms with Crippen LogP contribution in [0.25, 0.3) is 11.8 Å². The molecule has 2 atom stereocenters. The van der Waals surface area contributed by atoms with Crippen molar-refractivity contribution in [3.8, 4) is 5.75 Å². The number of carbonyl (C=O) groups excluding carboxylic acids is 1. The number of fused-ring (bicyclic) bond motifs is 1. The molecule has 0 spiro atoms. The smallest absolute Gasteiger partial charge is 0.270 e. The minimum atomic E-state index is -0.982. The molecule has 0 saturated carbocycles. The molecule has 0 aliphatic carbocycles. The Labute approximate surface area is 172 Å². The summed E-state index contributed by atoms with van der Waals surface area (Å²) < 4.78 is 5.16. The molecule has 0 radical (unpaired) electrons. The summed E-state index contributed by atoms with van der Waals surface area (Å²) in [6.07, 6.45) is 1.82. The standard InChI is InChI=1S/C19H17N3O4S.ClH/c1-26-15-7-5-12(6-8-15)9-16-18(23)20-19-21(16)17(11-27-19)13-3-2-4-14(10-13)22(24)25;/h2-11,19,22,24H,1H3,(H,20,23);1H/b16-9+;. The fraction of sp³-hybridized carbons (Fsp3) is 0.105. The Hall–Kier alpha value is -2.49. The van der Waals surface area contributed by atoms with E-state index in [0.29, 0.717) is 5.70 Å². The summed E-state index contributed by atoms with van der Waals surface area (Å²) in [7, 11) is 1.60. The van der Waals surface area contributed by atoms with Crippen molar-refractivity contribution in [2.75, 3.05) is 7.11 Å². The van der Waals surface area contributed by atoms with Gasteiger partial charge in [0.05, 0.1) is 12.8 Å². The van der Waals surface area contributed by atoms with E-state index in [0.717, 1.165) is 22.6 Å². The summed E-state index contributed by atoms with van der Waals surface area (Å²) in [6.45, 7) is 0. The highest BCUT2D eigenvalue weighted by Crippen LogP contribution is 2.42. The molecular formula is C19H18ClN3O4S. The number of halogens is 1. The van der Waals surface area contributed by atoms with Gasteiger partial charge < -0.3 is 20.2 Å². The van der Waals surface area contributed by atoms with Crippen LogP contribution in [-0.2, 0) is 4.79 Å². The number of methoxy groups -OCH3 is 1. The fourth-order valence-electron chi connectivity index (χ4n) is 3.03. The molecule has 0 bridgehead atoms. The van der Waals surface area contributed by atoms with Crippen LogP contribution in [0.4, 0.5) is 5.69 Å². The molecule has 146 valence electrons. The monoisotopic (exact) mass is 419 g/mol. The number of rotatable bonds is 4. The Kier molecular flexibility index (Phi) is 5.97. The lowest BCUT2D eigenvalue weighted by atomic mass is 10.1. The zero-order valence-corrected chi connectivity index (χ0v) is 16.4. The fourth-order valence-corrected chi connectivity index (χ4v) is 4.07. The van der Waals surface area contributed by atoms with E-state index in [1.165, 1.54) is 11.8 Å². The van der Waals surface area contributed by atoms with Crippen molar-refractivity contribution in [1.82, 2.24) is 10.2 Å². The molecule has 2 aromatic carbocycles. The van der Waals surface area contributed by atoms with Gasteiger partial charge in [0, 0.05) is 17.7 Å². The maximum atomic E-state index is 12.5. The van der Waals surface area contributed by atoms with E-state index < -0.39 is 5.23 Å².